The Labute approximate surface area is 160 Å². The zero-order chi connectivity index (χ0) is 20.0. The Morgan fingerprint density at radius 1 is 1.26 bits per heavy atom. The van der Waals surface area contributed by atoms with E-state index in [1.54, 1.807) is 19.2 Å². The van der Waals surface area contributed by atoms with Gasteiger partial charge in [-0.3, -0.25) is 9.69 Å². The van der Waals surface area contributed by atoms with Gasteiger partial charge in [0.05, 0.1) is 11.5 Å². The van der Waals surface area contributed by atoms with E-state index in [1.165, 1.54) is 16.5 Å². The molecular weight excluding hydrogens is 341 g/mol. The van der Waals surface area contributed by atoms with Crippen molar-refractivity contribution >= 4 is 11.9 Å². The largest absolute Gasteiger partial charge is 0.369 e. The lowest BCUT2D eigenvalue weighted by atomic mass is 9.68. The van der Waals surface area contributed by atoms with Crippen molar-refractivity contribution in [1.29, 1.82) is 0 Å². The number of likely N-dealkylation sites (N-methyl/N-ethyl adjacent to an activating group) is 1. The summed E-state index contributed by atoms with van der Waals surface area (Å²) in [6, 6.07) is 8.16. The minimum absolute atomic E-state index is 0.0339. The number of halogens is 1. The number of hydrogen-bond donors (Lipinski definition) is 1. The van der Waals surface area contributed by atoms with Gasteiger partial charge in [0.2, 0.25) is 5.91 Å². The van der Waals surface area contributed by atoms with Gasteiger partial charge < -0.3 is 5.73 Å². The normalized spacial score (nSPS) is 28.8. The maximum absolute atomic E-state index is 13.5. The van der Waals surface area contributed by atoms with E-state index in [9.17, 15) is 9.18 Å². The molecule has 5 heteroatoms. The summed E-state index contributed by atoms with van der Waals surface area (Å²) in [5, 5.41) is 0. The smallest absolute Gasteiger partial charge is 0.239 e. The zero-order valence-electron chi connectivity index (χ0n) is 16.7. The first kappa shape index (κ1) is 19.3. The predicted molar refractivity (Wildman–Crippen MR) is 107 cm³/mol. The number of allylic oxidation sites excluding steroid dienone is 3. The molecule has 0 saturated carbocycles. The van der Waals surface area contributed by atoms with Crippen molar-refractivity contribution in [3.8, 4) is 0 Å². The Kier molecular flexibility index (Phi) is 4.74. The van der Waals surface area contributed by atoms with Crippen LogP contribution < -0.4 is 5.73 Å². The van der Waals surface area contributed by atoms with Gasteiger partial charge in [-0.15, -0.1) is 0 Å². The summed E-state index contributed by atoms with van der Waals surface area (Å²) in [4.78, 5) is 19.3. The quantitative estimate of drug-likeness (QED) is 0.855. The van der Waals surface area contributed by atoms with Crippen LogP contribution in [0.3, 0.4) is 0 Å². The van der Waals surface area contributed by atoms with Crippen LogP contribution in [-0.4, -0.2) is 29.4 Å². The van der Waals surface area contributed by atoms with Crippen LogP contribution in [0.4, 0.5) is 4.39 Å². The first-order valence-corrected chi connectivity index (χ1v) is 9.31. The van der Waals surface area contributed by atoms with Gasteiger partial charge in [-0.1, -0.05) is 51.1 Å². The third-order valence-electron chi connectivity index (χ3n) is 5.78. The third kappa shape index (κ3) is 3.43. The molecule has 1 heterocycles. The van der Waals surface area contributed by atoms with Gasteiger partial charge in [-0.05, 0) is 42.0 Å². The van der Waals surface area contributed by atoms with Crippen LogP contribution in [0, 0.1) is 5.92 Å². The Balaban J connectivity index is 2.07. The number of nitrogens with zero attached hydrogens (tertiary/aromatic N) is 2. The fraction of sp³-hybridized carbons (Fsp3) is 0.455. The molecule has 1 aromatic carbocycles. The van der Waals surface area contributed by atoms with Crippen molar-refractivity contribution in [2.75, 3.05) is 7.05 Å². The lowest BCUT2D eigenvalue weighted by Crippen LogP contribution is -2.56. The second kappa shape index (κ2) is 6.63. The average Bonchev–Trinajstić information content (AvgIpc) is 2.60. The number of carbonyl (C=O) groups excluding carboxylic acids is 1. The molecule has 1 amide bonds. The van der Waals surface area contributed by atoms with E-state index in [1.807, 2.05) is 19.1 Å². The molecule has 4 nitrogen and oxygen atoms in total. The van der Waals surface area contributed by atoms with E-state index < -0.39 is 11.5 Å². The van der Waals surface area contributed by atoms with Crippen molar-refractivity contribution in [1.82, 2.24) is 4.90 Å². The van der Waals surface area contributed by atoms with Crippen molar-refractivity contribution < 1.29 is 9.18 Å². The van der Waals surface area contributed by atoms with Gasteiger partial charge in [0.25, 0.3) is 0 Å². The Morgan fingerprint density at radius 2 is 1.89 bits per heavy atom. The van der Waals surface area contributed by atoms with Crippen LogP contribution in [0.5, 0.6) is 0 Å². The van der Waals surface area contributed by atoms with Crippen molar-refractivity contribution in [2.45, 2.75) is 51.0 Å². The summed E-state index contributed by atoms with van der Waals surface area (Å²) < 4.78 is 13.5. The first-order valence-electron chi connectivity index (χ1n) is 9.31. The van der Waals surface area contributed by atoms with E-state index in [4.69, 9.17) is 10.7 Å². The standard InChI is InChI=1S/C22H28FN3O/c1-21(2,3)15-8-6-14(7-9-15)18-19(27)26(5)20(24)25-22(18,4)16-10-12-17(23)13-11-16/h6-10,12-13,16,18H,11H2,1-5H3,(H2,24,25)/t16?,18-,22-/m1/s1. The highest BCUT2D eigenvalue weighted by molar-refractivity contribution is 6.02. The van der Waals surface area contributed by atoms with Crippen molar-refractivity contribution in [2.24, 2.45) is 16.6 Å². The van der Waals surface area contributed by atoms with E-state index in [-0.39, 0.29) is 29.0 Å². The van der Waals surface area contributed by atoms with Gasteiger partial charge in [0, 0.05) is 13.0 Å². The SMILES string of the molecule is CN1C(=O)[C@@H](c2ccc(C(C)(C)C)cc2)[C@@](C)(C2C=CC(F)=CC2)N=C1N. The van der Waals surface area contributed by atoms with Gasteiger partial charge in [0.15, 0.2) is 5.96 Å². The number of hydrogen-bond acceptors (Lipinski definition) is 3. The lowest BCUT2D eigenvalue weighted by molar-refractivity contribution is -0.131. The lowest BCUT2D eigenvalue weighted by Gasteiger charge is -2.44. The second-order valence-corrected chi connectivity index (χ2v) is 8.69. The minimum atomic E-state index is -0.773. The highest BCUT2D eigenvalue weighted by atomic mass is 19.1. The fourth-order valence-corrected chi connectivity index (χ4v) is 3.92. The van der Waals surface area contributed by atoms with Crippen LogP contribution in [0.25, 0.3) is 0 Å². The molecule has 2 N–H and O–H groups in total. The number of guanidine groups is 1. The molecule has 2 aliphatic rings. The number of carbonyl (C=O) groups is 1. The molecule has 1 aromatic rings. The van der Waals surface area contributed by atoms with Crippen LogP contribution in [0.1, 0.15) is 51.2 Å². The van der Waals surface area contributed by atoms with Crippen molar-refractivity contribution in [3.05, 3.63) is 59.4 Å². The molecule has 0 fully saturated rings. The second-order valence-electron chi connectivity index (χ2n) is 8.69. The molecule has 0 saturated heterocycles. The molecule has 0 spiro atoms. The Hall–Kier alpha value is -2.43. The molecule has 3 atom stereocenters. The Bertz CT molecular complexity index is 832. The molecule has 144 valence electrons. The minimum Gasteiger partial charge on any atom is -0.369 e. The summed E-state index contributed by atoms with van der Waals surface area (Å²) in [7, 11) is 1.65. The zero-order valence-corrected chi connectivity index (χ0v) is 16.7. The summed E-state index contributed by atoms with van der Waals surface area (Å²) in [5.74, 6) is -0.726. The van der Waals surface area contributed by atoms with E-state index in [0.717, 1.165) is 5.56 Å². The van der Waals surface area contributed by atoms with Crippen molar-refractivity contribution in [3.63, 3.8) is 0 Å². The molecule has 0 radical (unpaired) electrons. The topological polar surface area (TPSA) is 58.7 Å². The maximum Gasteiger partial charge on any atom is 0.239 e. The number of benzene rings is 1. The Morgan fingerprint density at radius 3 is 2.41 bits per heavy atom. The molecule has 1 aliphatic carbocycles. The molecule has 0 aromatic heterocycles. The van der Waals surface area contributed by atoms with Gasteiger partial charge in [-0.2, -0.15) is 0 Å². The van der Waals surface area contributed by atoms with Gasteiger partial charge in [0.1, 0.15) is 5.83 Å². The summed E-state index contributed by atoms with van der Waals surface area (Å²) in [5.41, 5.74) is 7.41. The van der Waals surface area contributed by atoms with Crippen LogP contribution in [0.15, 0.2) is 53.3 Å². The molecule has 1 aliphatic heterocycles. The molecule has 1 unspecified atom stereocenters. The third-order valence-corrected chi connectivity index (χ3v) is 5.78. The van der Waals surface area contributed by atoms with Crippen LogP contribution in [0.2, 0.25) is 0 Å². The van der Waals surface area contributed by atoms with Crippen LogP contribution in [-0.2, 0) is 10.2 Å². The van der Waals surface area contributed by atoms with Gasteiger partial charge >= 0.3 is 0 Å². The maximum atomic E-state index is 13.5. The number of nitrogens with two attached hydrogens (primary N) is 1. The summed E-state index contributed by atoms with van der Waals surface area (Å²) >= 11 is 0. The molecule has 0 bridgehead atoms. The molecule has 27 heavy (non-hydrogen) atoms. The summed E-state index contributed by atoms with van der Waals surface area (Å²) in [6.07, 6.45) is 5.29. The molecule has 3 rings (SSSR count). The first-order chi connectivity index (χ1) is 12.5. The predicted octanol–water partition coefficient (Wildman–Crippen LogP) is 4.04. The number of rotatable bonds is 2. The summed E-state index contributed by atoms with van der Waals surface area (Å²) in [6.45, 7) is 8.41. The molecular formula is C22H28FN3O. The average molecular weight is 369 g/mol. The highest BCUT2D eigenvalue weighted by Gasteiger charge is 2.49. The van der Waals surface area contributed by atoms with E-state index in [0.29, 0.717) is 6.42 Å². The van der Waals surface area contributed by atoms with Crippen LogP contribution >= 0.6 is 0 Å². The van der Waals surface area contributed by atoms with E-state index >= 15 is 0 Å². The number of amides is 1. The van der Waals surface area contributed by atoms with E-state index in [2.05, 4.69) is 32.9 Å². The van der Waals surface area contributed by atoms with Gasteiger partial charge in [-0.25, -0.2) is 9.38 Å². The monoisotopic (exact) mass is 369 g/mol. The fourth-order valence-electron chi connectivity index (χ4n) is 3.92. The number of aliphatic imine (C=N–C) groups is 1. The highest BCUT2D eigenvalue weighted by Crippen LogP contribution is 2.44.